The van der Waals surface area contributed by atoms with Crippen molar-refractivity contribution in [2.24, 2.45) is 11.7 Å². The Morgan fingerprint density at radius 2 is 1.90 bits per heavy atom. The van der Waals surface area contributed by atoms with E-state index in [-0.39, 0.29) is 0 Å². The van der Waals surface area contributed by atoms with Crippen LogP contribution in [0, 0.1) is 5.92 Å². The van der Waals surface area contributed by atoms with Crippen LogP contribution in [-0.2, 0) is 0 Å². The normalized spacial score (nSPS) is 34.6. The zero-order chi connectivity index (χ0) is 14.4. The monoisotopic (exact) mass is 281 g/mol. The van der Waals surface area contributed by atoms with E-state index in [4.69, 9.17) is 5.73 Å². The van der Waals surface area contributed by atoms with Crippen LogP contribution in [0.5, 0.6) is 0 Å². The van der Waals surface area contributed by atoms with Crippen molar-refractivity contribution in [1.82, 2.24) is 9.80 Å². The third-order valence-corrected chi connectivity index (χ3v) is 5.74. The van der Waals surface area contributed by atoms with E-state index in [0.717, 1.165) is 12.5 Å². The molecule has 0 amide bonds. The summed E-state index contributed by atoms with van der Waals surface area (Å²) < 4.78 is 0. The van der Waals surface area contributed by atoms with Gasteiger partial charge in [0.05, 0.1) is 0 Å². The fraction of sp³-hybridized carbons (Fsp3) is 1.00. The van der Waals surface area contributed by atoms with Gasteiger partial charge in [-0.05, 0) is 45.2 Å². The van der Waals surface area contributed by atoms with Crippen LogP contribution >= 0.6 is 0 Å². The van der Waals surface area contributed by atoms with E-state index >= 15 is 0 Å². The zero-order valence-corrected chi connectivity index (χ0v) is 13.7. The molecule has 0 aromatic rings. The van der Waals surface area contributed by atoms with E-state index in [1.54, 1.807) is 0 Å². The second-order valence-corrected chi connectivity index (χ2v) is 7.16. The summed E-state index contributed by atoms with van der Waals surface area (Å²) in [6, 6.07) is 0. The Morgan fingerprint density at radius 1 is 1.05 bits per heavy atom. The van der Waals surface area contributed by atoms with Gasteiger partial charge in [0, 0.05) is 31.7 Å². The minimum Gasteiger partial charge on any atom is -0.329 e. The van der Waals surface area contributed by atoms with Crippen molar-refractivity contribution < 1.29 is 0 Å². The summed E-state index contributed by atoms with van der Waals surface area (Å²) >= 11 is 0. The Labute approximate surface area is 125 Å². The van der Waals surface area contributed by atoms with Crippen molar-refractivity contribution in [3.63, 3.8) is 0 Å². The lowest BCUT2D eigenvalue weighted by Gasteiger charge is -2.43. The van der Waals surface area contributed by atoms with Crippen molar-refractivity contribution in [1.29, 1.82) is 0 Å². The average Bonchev–Trinajstić information content (AvgIpc) is 2.79. The molecule has 1 aliphatic carbocycles. The minimum absolute atomic E-state index is 0.313. The maximum Gasteiger partial charge on any atom is 0.0332 e. The molecule has 2 fully saturated rings. The standard InChI is InChI=1S/C17H35N3/c1-3-6-16-7-4-9-17(15-18,10-8-16)20-12-5-11-19(2)13-14-20/h16H,3-15,18H2,1-2H3. The van der Waals surface area contributed by atoms with Crippen LogP contribution in [-0.4, -0.2) is 55.1 Å². The van der Waals surface area contributed by atoms with Gasteiger partial charge in [-0.3, -0.25) is 4.90 Å². The molecular formula is C17H35N3. The number of rotatable bonds is 4. The summed E-state index contributed by atoms with van der Waals surface area (Å²) in [6.45, 7) is 8.10. The van der Waals surface area contributed by atoms with Crippen LogP contribution in [0.3, 0.4) is 0 Å². The molecule has 2 N–H and O–H groups in total. The molecule has 118 valence electrons. The first-order valence-corrected chi connectivity index (χ1v) is 8.84. The highest BCUT2D eigenvalue weighted by molar-refractivity contribution is 4.95. The number of nitrogens with two attached hydrogens (primary N) is 1. The molecule has 3 heteroatoms. The van der Waals surface area contributed by atoms with Gasteiger partial charge >= 0.3 is 0 Å². The molecule has 0 spiro atoms. The van der Waals surface area contributed by atoms with Crippen LogP contribution in [0.25, 0.3) is 0 Å². The van der Waals surface area contributed by atoms with Crippen molar-refractivity contribution in [3.8, 4) is 0 Å². The number of likely N-dealkylation sites (N-methyl/N-ethyl adjacent to an activating group) is 1. The molecule has 3 nitrogen and oxygen atoms in total. The maximum atomic E-state index is 6.29. The molecular weight excluding hydrogens is 246 g/mol. The van der Waals surface area contributed by atoms with Gasteiger partial charge in [0.1, 0.15) is 0 Å². The van der Waals surface area contributed by atoms with Crippen LogP contribution in [0.1, 0.15) is 58.3 Å². The Balaban J connectivity index is 2.00. The first-order valence-electron chi connectivity index (χ1n) is 8.84. The zero-order valence-electron chi connectivity index (χ0n) is 13.7. The lowest BCUT2D eigenvalue weighted by Crippen LogP contribution is -2.54. The van der Waals surface area contributed by atoms with E-state index in [9.17, 15) is 0 Å². The molecule has 1 saturated carbocycles. The van der Waals surface area contributed by atoms with Gasteiger partial charge in [-0.2, -0.15) is 0 Å². The summed E-state index contributed by atoms with van der Waals surface area (Å²) in [5.41, 5.74) is 6.60. The van der Waals surface area contributed by atoms with Gasteiger partial charge in [-0.1, -0.05) is 32.6 Å². The van der Waals surface area contributed by atoms with Crippen molar-refractivity contribution in [3.05, 3.63) is 0 Å². The Hall–Kier alpha value is -0.120. The molecule has 1 heterocycles. The van der Waals surface area contributed by atoms with Gasteiger partial charge < -0.3 is 10.6 Å². The molecule has 0 aromatic heterocycles. The molecule has 1 aliphatic heterocycles. The topological polar surface area (TPSA) is 32.5 Å². The lowest BCUT2D eigenvalue weighted by molar-refractivity contribution is 0.0811. The minimum atomic E-state index is 0.313. The number of hydrogen-bond acceptors (Lipinski definition) is 3. The van der Waals surface area contributed by atoms with E-state index in [1.807, 2.05) is 0 Å². The Kier molecular flexibility index (Phi) is 6.31. The fourth-order valence-corrected chi connectivity index (χ4v) is 4.33. The van der Waals surface area contributed by atoms with Crippen molar-refractivity contribution >= 4 is 0 Å². The van der Waals surface area contributed by atoms with Crippen LogP contribution in [0.15, 0.2) is 0 Å². The smallest absolute Gasteiger partial charge is 0.0332 e. The van der Waals surface area contributed by atoms with Crippen LogP contribution in [0.4, 0.5) is 0 Å². The van der Waals surface area contributed by atoms with Gasteiger partial charge in [-0.15, -0.1) is 0 Å². The van der Waals surface area contributed by atoms with Crippen LogP contribution in [0.2, 0.25) is 0 Å². The summed E-state index contributed by atoms with van der Waals surface area (Å²) in [6.07, 6.45) is 10.9. The van der Waals surface area contributed by atoms with Crippen molar-refractivity contribution in [2.45, 2.75) is 63.8 Å². The summed E-state index contributed by atoms with van der Waals surface area (Å²) in [7, 11) is 2.25. The first-order chi connectivity index (χ1) is 9.70. The molecule has 2 atom stereocenters. The number of hydrogen-bond donors (Lipinski definition) is 1. The average molecular weight is 281 g/mol. The predicted molar refractivity (Wildman–Crippen MR) is 87.0 cm³/mol. The third kappa shape index (κ3) is 3.96. The van der Waals surface area contributed by atoms with E-state index in [1.165, 1.54) is 77.5 Å². The van der Waals surface area contributed by atoms with Gasteiger partial charge in [0.25, 0.3) is 0 Å². The molecule has 2 unspecified atom stereocenters. The molecule has 0 aromatic carbocycles. The summed E-state index contributed by atoms with van der Waals surface area (Å²) in [4.78, 5) is 5.23. The Morgan fingerprint density at radius 3 is 2.65 bits per heavy atom. The summed E-state index contributed by atoms with van der Waals surface area (Å²) in [5.74, 6) is 0.961. The quantitative estimate of drug-likeness (QED) is 0.804. The fourth-order valence-electron chi connectivity index (χ4n) is 4.33. The molecule has 0 radical (unpaired) electrons. The predicted octanol–water partition coefficient (Wildman–Crippen LogP) is 2.70. The van der Waals surface area contributed by atoms with E-state index in [0.29, 0.717) is 5.54 Å². The largest absolute Gasteiger partial charge is 0.329 e. The van der Waals surface area contributed by atoms with Crippen molar-refractivity contribution in [2.75, 3.05) is 39.8 Å². The lowest BCUT2D eigenvalue weighted by atomic mass is 9.87. The number of nitrogens with zero attached hydrogens (tertiary/aromatic N) is 2. The molecule has 2 aliphatic rings. The van der Waals surface area contributed by atoms with Gasteiger partial charge in [0.2, 0.25) is 0 Å². The SMILES string of the molecule is CCCC1CCCC(CN)(N2CCCN(C)CC2)CC1. The first kappa shape index (κ1) is 16.3. The van der Waals surface area contributed by atoms with E-state index in [2.05, 4.69) is 23.8 Å². The molecule has 0 bridgehead atoms. The molecule has 20 heavy (non-hydrogen) atoms. The third-order valence-electron chi connectivity index (χ3n) is 5.74. The van der Waals surface area contributed by atoms with E-state index < -0.39 is 0 Å². The van der Waals surface area contributed by atoms with Gasteiger partial charge in [-0.25, -0.2) is 0 Å². The maximum absolute atomic E-state index is 6.29. The highest BCUT2D eigenvalue weighted by Crippen LogP contribution is 2.36. The second-order valence-electron chi connectivity index (χ2n) is 7.16. The highest BCUT2D eigenvalue weighted by atomic mass is 15.3. The molecule has 2 rings (SSSR count). The Bertz CT molecular complexity index is 281. The highest BCUT2D eigenvalue weighted by Gasteiger charge is 2.37. The summed E-state index contributed by atoms with van der Waals surface area (Å²) in [5, 5.41) is 0. The second kappa shape index (κ2) is 7.77. The molecule has 1 saturated heterocycles. The van der Waals surface area contributed by atoms with Crippen LogP contribution < -0.4 is 5.73 Å². The van der Waals surface area contributed by atoms with Gasteiger partial charge in [0.15, 0.2) is 0 Å².